The van der Waals surface area contributed by atoms with Crippen molar-refractivity contribution in [3.8, 4) is 11.5 Å². The highest BCUT2D eigenvalue weighted by atomic mass is 16.5. The van der Waals surface area contributed by atoms with Crippen LogP contribution in [0.15, 0.2) is 42.5 Å². The lowest BCUT2D eigenvalue weighted by molar-refractivity contribution is -0.142. The zero-order valence-corrected chi connectivity index (χ0v) is 17.8. The van der Waals surface area contributed by atoms with Gasteiger partial charge in [0, 0.05) is 13.6 Å². The number of amides is 2. The first-order valence-corrected chi connectivity index (χ1v) is 9.74. The molecule has 0 aliphatic heterocycles. The largest absolute Gasteiger partial charge is 0.497 e. The monoisotopic (exact) mass is 398 g/mol. The first-order chi connectivity index (χ1) is 13.9. The van der Waals surface area contributed by atoms with Crippen LogP contribution in [0.25, 0.3) is 0 Å². The molecule has 0 heterocycles. The smallest absolute Gasteiger partial charge is 0.261 e. The van der Waals surface area contributed by atoms with Crippen LogP contribution in [0.3, 0.4) is 0 Å². The van der Waals surface area contributed by atoms with Crippen molar-refractivity contribution in [1.82, 2.24) is 10.2 Å². The quantitative estimate of drug-likeness (QED) is 0.704. The lowest BCUT2D eigenvalue weighted by atomic mass is 10.1. The minimum absolute atomic E-state index is 0.137. The first kappa shape index (κ1) is 22.3. The van der Waals surface area contributed by atoms with Crippen LogP contribution in [0.4, 0.5) is 0 Å². The van der Waals surface area contributed by atoms with E-state index in [1.165, 1.54) is 0 Å². The molecule has 1 atom stereocenters. The zero-order chi connectivity index (χ0) is 21.4. The molecular weight excluding hydrogens is 368 g/mol. The van der Waals surface area contributed by atoms with E-state index in [9.17, 15) is 9.59 Å². The van der Waals surface area contributed by atoms with Crippen molar-refractivity contribution in [2.75, 3.05) is 20.8 Å². The van der Waals surface area contributed by atoms with Gasteiger partial charge in [0.15, 0.2) is 6.61 Å². The van der Waals surface area contributed by atoms with Gasteiger partial charge < -0.3 is 19.7 Å². The maximum Gasteiger partial charge on any atom is 0.261 e. The van der Waals surface area contributed by atoms with E-state index in [0.29, 0.717) is 17.9 Å². The van der Waals surface area contributed by atoms with E-state index in [-0.39, 0.29) is 25.0 Å². The fourth-order valence-electron chi connectivity index (χ4n) is 3.16. The number of ether oxygens (including phenoxy) is 2. The molecule has 0 saturated heterocycles. The molecule has 156 valence electrons. The Morgan fingerprint density at radius 3 is 2.52 bits per heavy atom. The molecule has 2 rings (SSSR count). The number of carbonyl (C=O) groups is 2. The lowest BCUT2D eigenvalue weighted by Crippen LogP contribution is -2.49. The highest BCUT2D eigenvalue weighted by molar-refractivity contribution is 5.88. The molecule has 0 fully saturated rings. The highest BCUT2D eigenvalue weighted by Crippen LogP contribution is 2.21. The first-order valence-electron chi connectivity index (χ1n) is 9.74. The molecule has 6 heteroatoms. The Hall–Kier alpha value is -3.02. The molecule has 0 aromatic heterocycles. The Bertz CT molecular complexity index is 851. The molecule has 0 aliphatic rings. The van der Waals surface area contributed by atoms with E-state index < -0.39 is 6.04 Å². The van der Waals surface area contributed by atoms with Gasteiger partial charge in [-0.2, -0.15) is 0 Å². The third kappa shape index (κ3) is 5.73. The molecule has 2 aromatic carbocycles. The number of nitrogens with zero attached hydrogens (tertiary/aromatic N) is 1. The minimum Gasteiger partial charge on any atom is -0.497 e. The van der Waals surface area contributed by atoms with Gasteiger partial charge in [0.1, 0.15) is 17.5 Å². The van der Waals surface area contributed by atoms with Crippen LogP contribution in [0.5, 0.6) is 11.5 Å². The number of nitrogens with one attached hydrogen (secondary N) is 1. The third-order valence-electron chi connectivity index (χ3n) is 5.03. The van der Waals surface area contributed by atoms with E-state index in [1.54, 1.807) is 19.1 Å². The highest BCUT2D eigenvalue weighted by Gasteiger charge is 2.28. The molecule has 0 aliphatic carbocycles. The Balaban J connectivity index is 2.23. The number of carbonyl (C=O) groups excluding carboxylic acids is 2. The van der Waals surface area contributed by atoms with E-state index in [4.69, 9.17) is 9.47 Å². The van der Waals surface area contributed by atoms with Gasteiger partial charge in [0.05, 0.1) is 7.11 Å². The van der Waals surface area contributed by atoms with Crippen molar-refractivity contribution in [3.63, 3.8) is 0 Å². The Kier molecular flexibility index (Phi) is 8.07. The number of likely N-dealkylation sites (N-methyl/N-ethyl adjacent to an activating group) is 1. The van der Waals surface area contributed by atoms with Crippen molar-refractivity contribution in [1.29, 1.82) is 0 Å². The summed E-state index contributed by atoms with van der Waals surface area (Å²) >= 11 is 0. The second-order valence-corrected chi connectivity index (χ2v) is 6.90. The summed E-state index contributed by atoms with van der Waals surface area (Å²) in [4.78, 5) is 27.1. The summed E-state index contributed by atoms with van der Waals surface area (Å²) in [5, 5.41) is 2.65. The number of hydrogen-bond donors (Lipinski definition) is 1. The predicted molar refractivity (Wildman–Crippen MR) is 113 cm³/mol. The van der Waals surface area contributed by atoms with Gasteiger partial charge in [-0.05, 0) is 55.2 Å². The average Bonchev–Trinajstić information content (AvgIpc) is 2.74. The van der Waals surface area contributed by atoms with E-state index in [2.05, 4.69) is 5.32 Å². The molecule has 2 amide bonds. The summed E-state index contributed by atoms with van der Waals surface area (Å²) in [6.07, 6.45) is 0.499. The Morgan fingerprint density at radius 1 is 1.14 bits per heavy atom. The number of hydrogen-bond acceptors (Lipinski definition) is 4. The minimum atomic E-state index is -0.582. The second kappa shape index (κ2) is 10.5. The van der Waals surface area contributed by atoms with Gasteiger partial charge >= 0.3 is 0 Å². The van der Waals surface area contributed by atoms with Gasteiger partial charge in [-0.1, -0.05) is 31.2 Å². The van der Waals surface area contributed by atoms with Gasteiger partial charge in [0.2, 0.25) is 5.91 Å². The third-order valence-corrected chi connectivity index (χ3v) is 5.03. The fourth-order valence-corrected chi connectivity index (χ4v) is 3.16. The molecule has 2 aromatic rings. The van der Waals surface area contributed by atoms with Crippen LogP contribution < -0.4 is 14.8 Å². The molecule has 1 N–H and O–H groups in total. The van der Waals surface area contributed by atoms with E-state index >= 15 is 0 Å². The molecule has 0 bridgehead atoms. The van der Waals surface area contributed by atoms with Crippen LogP contribution in [-0.4, -0.2) is 43.5 Å². The van der Waals surface area contributed by atoms with Gasteiger partial charge in [-0.25, -0.2) is 0 Å². The van der Waals surface area contributed by atoms with Crippen LogP contribution in [0.2, 0.25) is 0 Å². The van der Waals surface area contributed by atoms with Crippen LogP contribution in [0, 0.1) is 13.8 Å². The maximum absolute atomic E-state index is 13.1. The maximum atomic E-state index is 13.1. The predicted octanol–water partition coefficient (Wildman–Crippen LogP) is 3.24. The summed E-state index contributed by atoms with van der Waals surface area (Å²) in [5.74, 6) is 0.932. The van der Waals surface area contributed by atoms with E-state index in [1.807, 2.05) is 63.2 Å². The summed E-state index contributed by atoms with van der Waals surface area (Å²) in [6, 6.07) is 12.6. The summed E-state index contributed by atoms with van der Waals surface area (Å²) in [5.41, 5.74) is 2.98. The molecular formula is C23H30N2O4. The SMILES string of the molecule is CC[C@H](C(=O)NC)N(Cc1cccc(OC)c1)C(=O)COc1cccc(C)c1C. The summed E-state index contributed by atoms with van der Waals surface area (Å²) in [6.45, 7) is 6.00. The van der Waals surface area contributed by atoms with Crippen molar-refractivity contribution in [2.45, 2.75) is 39.8 Å². The summed E-state index contributed by atoms with van der Waals surface area (Å²) in [7, 11) is 3.17. The molecule has 0 saturated carbocycles. The molecule has 0 spiro atoms. The Morgan fingerprint density at radius 2 is 1.86 bits per heavy atom. The average molecular weight is 399 g/mol. The molecule has 29 heavy (non-hydrogen) atoms. The number of benzene rings is 2. The van der Waals surface area contributed by atoms with Crippen molar-refractivity contribution >= 4 is 11.8 Å². The van der Waals surface area contributed by atoms with Crippen LogP contribution in [-0.2, 0) is 16.1 Å². The van der Waals surface area contributed by atoms with Crippen LogP contribution in [0.1, 0.15) is 30.0 Å². The van der Waals surface area contributed by atoms with Gasteiger partial charge in [0.25, 0.3) is 5.91 Å². The topological polar surface area (TPSA) is 67.9 Å². The number of methoxy groups -OCH3 is 1. The standard InChI is InChI=1S/C23H30N2O4/c1-6-20(23(27)24-4)25(14-18-10-8-11-19(13-18)28-5)22(26)15-29-21-12-7-9-16(2)17(21)3/h7-13,20H,6,14-15H2,1-5H3,(H,24,27)/t20-/m1/s1. The van der Waals surface area contributed by atoms with Crippen LogP contribution >= 0.6 is 0 Å². The van der Waals surface area contributed by atoms with Crippen molar-refractivity contribution in [2.24, 2.45) is 0 Å². The lowest BCUT2D eigenvalue weighted by Gasteiger charge is -2.30. The van der Waals surface area contributed by atoms with Gasteiger partial charge in [-0.3, -0.25) is 9.59 Å². The van der Waals surface area contributed by atoms with E-state index in [0.717, 1.165) is 16.7 Å². The second-order valence-electron chi connectivity index (χ2n) is 6.90. The molecule has 0 unspecified atom stereocenters. The summed E-state index contributed by atoms with van der Waals surface area (Å²) < 4.78 is 11.1. The zero-order valence-electron chi connectivity index (χ0n) is 17.8. The van der Waals surface area contributed by atoms with Crippen molar-refractivity contribution < 1.29 is 19.1 Å². The molecule has 0 radical (unpaired) electrons. The molecule has 6 nitrogen and oxygen atoms in total. The Labute approximate surface area is 172 Å². The normalized spacial score (nSPS) is 11.5. The number of aryl methyl sites for hydroxylation is 1. The fraction of sp³-hybridized carbons (Fsp3) is 0.391. The van der Waals surface area contributed by atoms with Gasteiger partial charge in [-0.15, -0.1) is 0 Å². The number of rotatable bonds is 9. The van der Waals surface area contributed by atoms with Crippen molar-refractivity contribution in [3.05, 3.63) is 59.2 Å².